The van der Waals surface area contributed by atoms with E-state index in [0.29, 0.717) is 17.2 Å². The number of nitrogens with one attached hydrogen (secondary N) is 1. The van der Waals surface area contributed by atoms with E-state index < -0.39 is 11.7 Å². The van der Waals surface area contributed by atoms with Gasteiger partial charge in [0.05, 0.1) is 0 Å². The van der Waals surface area contributed by atoms with E-state index in [2.05, 4.69) is 12.2 Å². The van der Waals surface area contributed by atoms with Crippen LogP contribution in [-0.4, -0.2) is 35.6 Å². The van der Waals surface area contributed by atoms with Crippen molar-refractivity contribution in [3.8, 4) is 0 Å². The van der Waals surface area contributed by atoms with Gasteiger partial charge in [-0.15, -0.1) is 0 Å². The number of likely N-dealkylation sites (tertiary alicyclic amines) is 1. The fourth-order valence-corrected chi connectivity index (χ4v) is 2.80. The van der Waals surface area contributed by atoms with Crippen LogP contribution in [0.1, 0.15) is 57.3 Å². The standard InChI is InChI=1S/C19H28N2O3/c1-14-7-6-11-21(12-10-14)17(22)15-8-5-9-16(13-15)20-18(23)24-19(2,3)4/h5,8-9,13-14H,6-7,10-12H2,1-4H3,(H,20,23)/t14-/m0/s1. The molecule has 1 heterocycles. The van der Waals surface area contributed by atoms with Crippen molar-refractivity contribution in [2.24, 2.45) is 5.92 Å². The Balaban J connectivity index is 2.03. The van der Waals surface area contributed by atoms with Gasteiger partial charge in [0, 0.05) is 24.3 Å². The molecule has 1 fully saturated rings. The van der Waals surface area contributed by atoms with Crippen molar-refractivity contribution >= 4 is 17.7 Å². The van der Waals surface area contributed by atoms with Crippen molar-refractivity contribution < 1.29 is 14.3 Å². The van der Waals surface area contributed by atoms with Crippen molar-refractivity contribution in [2.75, 3.05) is 18.4 Å². The number of anilines is 1. The summed E-state index contributed by atoms with van der Waals surface area (Å²) < 4.78 is 5.24. The summed E-state index contributed by atoms with van der Waals surface area (Å²) in [7, 11) is 0. The molecule has 1 saturated heterocycles. The first-order valence-corrected chi connectivity index (χ1v) is 8.64. The van der Waals surface area contributed by atoms with Crippen molar-refractivity contribution in [1.29, 1.82) is 0 Å². The molecule has 2 rings (SSSR count). The van der Waals surface area contributed by atoms with Gasteiger partial charge in [0.15, 0.2) is 0 Å². The van der Waals surface area contributed by atoms with Crippen molar-refractivity contribution in [3.63, 3.8) is 0 Å². The molecule has 1 atom stereocenters. The van der Waals surface area contributed by atoms with Gasteiger partial charge in [0.2, 0.25) is 0 Å². The number of carbonyl (C=O) groups is 2. The van der Waals surface area contributed by atoms with Crippen LogP contribution in [-0.2, 0) is 4.74 Å². The Morgan fingerprint density at radius 1 is 1.21 bits per heavy atom. The zero-order chi connectivity index (χ0) is 17.7. The van der Waals surface area contributed by atoms with Crippen LogP contribution in [0.3, 0.4) is 0 Å². The molecule has 0 saturated carbocycles. The van der Waals surface area contributed by atoms with Gasteiger partial charge in [-0.3, -0.25) is 10.1 Å². The summed E-state index contributed by atoms with van der Waals surface area (Å²) in [5.41, 5.74) is 0.608. The van der Waals surface area contributed by atoms with Gasteiger partial charge >= 0.3 is 6.09 Å². The summed E-state index contributed by atoms with van der Waals surface area (Å²) in [5, 5.41) is 2.68. The smallest absolute Gasteiger partial charge is 0.412 e. The number of rotatable bonds is 2. The van der Waals surface area contributed by atoms with E-state index in [1.165, 1.54) is 6.42 Å². The van der Waals surface area contributed by atoms with Crippen LogP contribution in [0.2, 0.25) is 0 Å². The van der Waals surface area contributed by atoms with Gasteiger partial charge in [-0.1, -0.05) is 13.0 Å². The van der Waals surface area contributed by atoms with Crippen molar-refractivity contribution in [1.82, 2.24) is 4.90 Å². The Morgan fingerprint density at radius 3 is 2.67 bits per heavy atom. The maximum atomic E-state index is 12.7. The number of ether oxygens (including phenoxy) is 1. The molecule has 0 aliphatic carbocycles. The van der Waals surface area contributed by atoms with E-state index >= 15 is 0 Å². The monoisotopic (exact) mass is 332 g/mol. The summed E-state index contributed by atoms with van der Waals surface area (Å²) >= 11 is 0. The first kappa shape index (κ1) is 18.3. The first-order chi connectivity index (χ1) is 11.2. The van der Waals surface area contributed by atoms with Gasteiger partial charge in [0.1, 0.15) is 5.60 Å². The predicted octanol–water partition coefficient (Wildman–Crippen LogP) is 4.30. The molecule has 0 unspecified atom stereocenters. The van der Waals surface area contributed by atoms with Crippen LogP contribution >= 0.6 is 0 Å². The van der Waals surface area contributed by atoms with Crippen LogP contribution in [0.5, 0.6) is 0 Å². The fraction of sp³-hybridized carbons (Fsp3) is 0.579. The van der Waals surface area contributed by atoms with Gasteiger partial charge in [0.25, 0.3) is 5.91 Å². The third-order valence-electron chi connectivity index (χ3n) is 4.06. The highest BCUT2D eigenvalue weighted by atomic mass is 16.6. The lowest BCUT2D eigenvalue weighted by molar-refractivity contribution is 0.0634. The number of hydrogen-bond acceptors (Lipinski definition) is 3. The zero-order valence-electron chi connectivity index (χ0n) is 15.1. The highest BCUT2D eigenvalue weighted by Gasteiger charge is 2.21. The van der Waals surface area contributed by atoms with Crippen LogP contribution < -0.4 is 5.32 Å². The lowest BCUT2D eigenvalue weighted by atomic mass is 10.0. The van der Waals surface area contributed by atoms with Crippen LogP contribution in [0, 0.1) is 5.92 Å². The van der Waals surface area contributed by atoms with Crippen molar-refractivity contribution in [2.45, 2.75) is 52.6 Å². The van der Waals surface area contributed by atoms with Gasteiger partial charge in [-0.2, -0.15) is 0 Å². The van der Waals surface area contributed by atoms with E-state index in [0.717, 1.165) is 25.9 Å². The normalized spacial score (nSPS) is 18.7. The molecule has 1 aliphatic heterocycles. The minimum Gasteiger partial charge on any atom is -0.444 e. The molecule has 1 aromatic rings. The summed E-state index contributed by atoms with van der Waals surface area (Å²) in [6, 6.07) is 7.03. The van der Waals surface area contributed by atoms with E-state index in [9.17, 15) is 9.59 Å². The van der Waals surface area contributed by atoms with Crippen LogP contribution in [0.15, 0.2) is 24.3 Å². The second kappa shape index (κ2) is 7.69. The fourth-order valence-electron chi connectivity index (χ4n) is 2.80. The first-order valence-electron chi connectivity index (χ1n) is 8.64. The summed E-state index contributed by atoms with van der Waals surface area (Å²) in [5.74, 6) is 0.694. The Labute approximate surface area is 144 Å². The molecule has 2 amide bonds. The summed E-state index contributed by atoms with van der Waals surface area (Å²) in [6.07, 6.45) is 2.74. The second-order valence-corrected chi connectivity index (χ2v) is 7.54. The molecule has 0 bridgehead atoms. The van der Waals surface area contributed by atoms with Crippen molar-refractivity contribution in [3.05, 3.63) is 29.8 Å². The molecule has 1 N–H and O–H groups in total. The third-order valence-corrected chi connectivity index (χ3v) is 4.06. The van der Waals surface area contributed by atoms with Gasteiger partial charge in [-0.25, -0.2) is 4.79 Å². The molecule has 5 nitrogen and oxygen atoms in total. The number of nitrogens with zero attached hydrogens (tertiary/aromatic N) is 1. The average Bonchev–Trinajstić information content (AvgIpc) is 2.69. The lowest BCUT2D eigenvalue weighted by Gasteiger charge is -2.21. The van der Waals surface area contributed by atoms with E-state index in [1.807, 2.05) is 25.7 Å². The molecule has 1 aromatic carbocycles. The number of hydrogen-bond donors (Lipinski definition) is 1. The van der Waals surface area contributed by atoms with Crippen LogP contribution in [0.25, 0.3) is 0 Å². The minimum absolute atomic E-state index is 0.0249. The van der Waals surface area contributed by atoms with E-state index in [1.54, 1.807) is 24.3 Å². The molecule has 24 heavy (non-hydrogen) atoms. The van der Waals surface area contributed by atoms with Gasteiger partial charge in [-0.05, 0) is 64.2 Å². The molecule has 0 spiro atoms. The molecule has 5 heteroatoms. The predicted molar refractivity (Wildman–Crippen MR) is 95.2 cm³/mol. The molecular formula is C19H28N2O3. The van der Waals surface area contributed by atoms with E-state index in [-0.39, 0.29) is 5.91 Å². The quantitative estimate of drug-likeness (QED) is 0.878. The summed E-state index contributed by atoms with van der Waals surface area (Å²) in [6.45, 7) is 9.27. The maximum absolute atomic E-state index is 12.7. The Morgan fingerprint density at radius 2 is 1.96 bits per heavy atom. The molecule has 132 valence electrons. The molecule has 0 radical (unpaired) electrons. The largest absolute Gasteiger partial charge is 0.444 e. The third kappa shape index (κ3) is 5.55. The van der Waals surface area contributed by atoms with Crippen LogP contribution in [0.4, 0.5) is 10.5 Å². The highest BCUT2D eigenvalue weighted by molar-refractivity contribution is 5.96. The number of amides is 2. The van der Waals surface area contributed by atoms with Gasteiger partial charge < -0.3 is 9.64 Å². The SMILES string of the molecule is C[C@H]1CCCN(C(=O)c2cccc(NC(=O)OC(C)(C)C)c2)CC1. The Hall–Kier alpha value is -2.04. The Bertz CT molecular complexity index is 593. The average molecular weight is 332 g/mol. The summed E-state index contributed by atoms with van der Waals surface area (Å²) in [4.78, 5) is 26.5. The second-order valence-electron chi connectivity index (χ2n) is 7.54. The number of carbonyl (C=O) groups excluding carboxylic acids is 2. The molecule has 1 aliphatic rings. The zero-order valence-corrected chi connectivity index (χ0v) is 15.1. The molecular weight excluding hydrogens is 304 g/mol. The van der Waals surface area contributed by atoms with E-state index in [4.69, 9.17) is 4.74 Å². The molecule has 0 aromatic heterocycles. The topological polar surface area (TPSA) is 58.6 Å². The lowest BCUT2D eigenvalue weighted by Crippen LogP contribution is -2.32. The highest BCUT2D eigenvalue weighted by Crippen LogP contribution is 2.20. The Kier molecular flexibility index (Phi) is 5.86. The maximum Gasteiger partial charge on any atom is 0.412 e. The number of benzene rings is 1. The minimum atomic E-state index is -0.555.